The van der Waals surface area contributed by atoms with E-state index in [-0.39, 0.29) is 23.6 Å². The zero-order valence-corrected chi connectivity index (χ0v) is 20.6. The summed E-state index contributed by atoms with van der Waals surface area (Å²) in [6.45, 7) is -0.384. The second-order valence-electron chi connectivity index (χ2n) is 7.44. The third-order valence-corrected chi connectivity index (χ3v) is 5.80. The highest BCUT2D eigenvalue weighted by Crippen LogP contribution is 2.29. The number of nitrogens with zero attached hydrogens (tertiary/aromatic N) is 1. The molecule has 0 atom stereocenters. The van der Waals surface area contributed by atoms with Crippen molar-refractivity contribution in [1.82, 2.24) is 5.32 Å². The summed E-state index contributed by atoms with van der Waals surface area (Å²) in [5.41, 5.74) is 0.429. The standard InChI is InChI=1S/C25H16BrClFN3O5/c26-18-11-14(8-9-21(18)36-13-22(32)29-20-7-2-1-6-19(20)28)10-17-23(33)30-25(35)31(24(17)34)16-5-3-4-15(27)12-16/h1-12H,13H2,(H,29,32)(H,30,33,35)/b17-10+. The van der Waals surface area contributed by atoms with Gasteiger partial charge < -0.3 is 10.1 Å². The molecule has 0 aliphatic carbocycles. The zero-order valence-electron chi connectivity index (χ0n) is 18.3. The Hall–Kier alpha value is -4.02. The smallest absolute Gasteiger partial charge is 0.335 e. The molecule has 11 heteroatoms. The monoisotopic (exact) mass is 571 g/mol. The Labute approximate surface area is 217 Å². The van der Waals surface area contributed by atoms with Gasteiger partial charge in [-0.1, -0.05) is 35.9 Å². The molecular formula is C25H16BrClFN3O5. The number of hydrogen-bond acceptors (Lipinski definition) is 5. The summed E-state index contributed by atoms with van der Waals surface area (Å²) in [6, 6.07) is 15.6. The van der Waals surface area contributed by atoms with E-state index in [4.69, 9.17) is 16.3 Å². The molecule has 1 aliphatic heterocycles. The molecule has 1 heterocycles. The van der Waals surface area contributed by atoms with Gasteiger partial charge in [0.2, 0.25) is 0 Å². The summed E-state index contributed by atoms with van der Waals surface area (Å²) in [5.74, 6) is -2.48. The molecule has 0 unspecified atom stereocenters. The highest BCUT2D eigenvalue weighted by Gasteiger charge is 2.36. The molecule has 5 amide bonds. The molecule has 8 nitrogen and oxygen atoms in total. The van der Waals surface area contributed by atoms with E-state index in [0.717, 1.165) is 4.90 Å². The molecule has 0 radical (unpaired) electrons. The van der Waals surface area contributed by atoms with Crippen LogP contribution in [0.5, 0.6) is 5.75 Å². The van der Waals surface area contributed by atoms with Crippen molar-refractivity contribution in [3.05, 3.63) is 93.2 Å². The molecule has 0 saturated carbocycles. The number of nitrogens with one attached hydrogen (secondary N) is 2. The van der Waals surface area contributed by atoms with Gasteiger partial charge in [-0.3, -0.25) is 19.7 Å². The molecule has 4 rings (SSSR count). The third kappa shape index (κ3) is 5.61. The molecule has 182 valence electrons. The van der Waals surface area contributed by atoms with Crippen molar-refractivity contribution in [2.45, 2.75) is 0 Å². The first kappa shape index (κ1) is 25.1. The molecule has 1 aliphatic rings. The fourth-order valence-electron chi connectivity index (χ4n) is 3.29. The van der Waals surface area contributed by atoms with E-state index >= 15 is 0 Å². The number of halogens is 3. The number of urea groups is 1. The summed E-state index contributed by atoms with van der Waals surface area (Å²) in [5, 5.41) is 4.87. The van der Waals surface area contributed by atoms with Gasteiger partial charge in [-0.2, -0.15) is 0 Å². The van der Waals surface area contributed by atoms with E-state index < -0.39 is 29.6 Å². The Balaban J connectivity index is 1.48. The number of ether oxygens (including phenoxy) is 1. The Morgan fingerprint density at radius 3 is 2.58 bits per heavy atom. The number of imide groups is 2. The second kappa shape index (κ2) is 10.7. The van der Waals surface area contributed by atoms with Crippen LogP contribution in [-0.4, -0.2) is 30.4 Å². The number of benzene rings is 3. The van der Waals surface area contributed by atoms with Crippen LogP contribution >= 0.6 is 27.5 Å². The van der Waals surface area contributed by atoms with Gasteiger partial charge in [-0.05, 0) is 70.0 Å². The number of carbonyl (C=O) groups excluding carboxylic acids is 4. The van der Waals surface area contributed by atoms with Gasteiger partial charge in [-0.25, -0.2) is 14.1 Å². The molecule has 2 N–H and O–H groups in total. The van der Waals surface area contributed by atoms with E-state index in [1.165, 1.54) is 42.5 Å². The van der Waals surface area contributed by atoms with E-state index in [1.54, 1.807) is 30.3 Å². The lowest BCUT2D eigenvalue weighted by Crippen LogP contribution is -2.54. The van der Waals surface area contributed by atoms with Crippen LogP contribution in [0.2, 0.25) is 5.02 Å². The van der Waals surface area contributed by atoms with Gasteiger partial charge in [0.05, 0.1) is 15.8 Å². The first-order valence-electron chi connectivity index (χ1n) is 10.4. The molecule has 0 spiro atoms. The number of para-hydroxylation sites is 1. The van der Waals surface area contributed by atoms with Crippen LogP contribution in [0.15, 0.2) is 76.8 Å². The Bertz CT molecular complexity index is 1430. The van der Waals surface area contributed by atoms with Crippen LogP contribution in [0.3, 0.4) is 0 Å². The first-order valence-corrected chi connectivity index (χ1v) is 11.5. The van der Waals surface area contributed by atoms with Crippen molar-refractivity contribution in [1.29, 1.82) is 0 Å². The van der Waals surface area contributed by atoms with E-state index in [9.17, 15) is 23.6 Å². The SMILES string of the molecule is O=C(COc1ccc(/C=C2\C(=O)NC(=O)N(c3cccc(Cl)c3)C2=O)cc1Br)Nc1ccccc1F. The van der Waals surface area contributed by atoms with Crippen LogP contribution in [0.4, 0.5) is 20.6 Å². The molecule has 1 saturated heterocycles. The average Bonchev–Trinajstić information content (AvgIpc) is 2.82. The molecule has 1 fully saturated rings. The molecular weight excluding hydrogens is 557 g/mol. The van der Waals surface area contributed by atoms with Crippen LogP contribution in [0, 0.1) is 5.82 Å². The van der Waals surface area contributed by atoms with Crippen LogP contribution in [0.1, 0.15) is 5.56 Å². The van der Waals surface area contributed by atoms with Crippen molar-refractivity contribution in [3.63, 3.8) is 0 Å². The summed E-state index contributed by atoms with van der Waals surface area (Å²) in [6.07, 6.45) is 1.32. The average molecular weight is 573 g/mol. The van der Waals surface area contributed by atoms with Crippen LogP contribution in [0.25, 0.3) is 6.08 Å². The number of barbiturate groups is 1. The van der Waals surface area contributed by atoms with Crippen molar-refractivity contribution >= 4 is 68.7 Å². The molecule has 0 bridgehead atoms. The van der Waals surface area contributed by atoms with E-state index in [0.29, 0.717) is 20.8 Å². The Morgan fingerprint density at radius 1 is 1.08 bits per heavy atom. The Morgan fingerprint density at radius 2 is 1.86 bits per heavy atom. The minimum Gasteiger partial charge on any atom is -0.483 e. The summed E-state index contributed by atoms with van der Waals surface area (Å²) in [7, 11) is 0. The number of carbonyl (C=O) groups is 4. The highest BCUT2D eigenvalue weighted by molar-refractivity contribution is 9.10. The fraction of sp³-hybridized carbons (Fsp3) is 0.0400. The predicted molar refractivity (Wildman–Crippen MR) is 135 cm³/mol. The van der Waals surface area contributed by atoms with Gasteiger partial charge >= 0.3 is 6.03 Å². The summed E-state index contributed by atoms with van der Waals surface area (Å²) >= 11 is 9.30. The topological polar surface area (TPSA) is 105 Å². The van der Waals surface area contributed by atoms with Gasteiger partial charge in [0.1, 0.15) is 17.1 Å². The zero-order chi connectivity index (χ0) is 25.8. The number of amides is 5. The normalized spacial score (nSPS) is 14.6. The summed E-state index contributed by atoms with van der Waals surface area (Å²) in [4.78, 5) is 50.6. The van der Waals surface area contributed by atoms with E-state index in [2.05, 4.69) is 26.6 Å². The maximum atomic E-state index is 13.7. The minimum atomic E-state index is -0.886. The Kier molecular flexibility index (Phi) is 7.47. The molecule has 36 heavy (non-hydrogen) atoms. The van der Waals surface area contributed by atoms with E-state index in [1.807, 2.05) is 0 Å². The minimum absolute atomic E-state index is 0.0351. The number of rotatable bonds is 6. The third-order valence-electron chi connectivity index (χ3n) is 4.94. The van der Waals surface area contributed by atoms with Gasteiger partial charge in [0.15, 0.2) is 6.61 Å². The lowest BCUT2D eigenvalue weighted by Gasteiger charge is -2.26. The first-order chi connectivity index (χ1) is 17.2. The maximum absolute atomic E-state index is 13.7. The van der Waals surface area contributed by atoms with Crippen LogP contribution in [-0.2, 0) is 14.4 Å². The van der Waals surface area contributed by atoms with Crippen molar-refractivity contribution in [2.24, 2.45) is 0 Å². The second-order valence-corrected chi connectivity index (χ2v) is 8.74. The number of hydrogen-bond donors (Lipinski definition) is 2. The van der Waals surface area contributed by atoms with Crippen LogP contribution < -0.4 is 20.3 Å². The van der Waals surface area contributed by atoms with Crippen molar-refractivity contribution in [3.8, 4) is 5.75 Å². The fourth-order valence-corrected chi connectivity index (χ4v) is 3.99. The van der Waals surface area contributed by atoms with Gasteiger partial charge in [0.25, 0.3) is 17.7 Å². The van der Waals surface area contributed by atoms with Gasteiger partial charge in [0, 0.05) is 5.02 Å². The number of anilines is 2. The molecule has 3 aromatic carbocycles. The maximum Gasteiger partial charge on any atom is 0.335 e. The lowest BCUT2D eigenvalue weighted by atomic mass is 10.1. The van der Waals surface area contributed by atoms with Gasteiger partial charge in [-0.15, -0.1) is 0 Å². The molecule has 0 aromatic heterocycles. The quantitative estimate of drug-likeness (QED) is 0.322. The summed E-state index contributed by atoms with van der Waals surface area (Å²) < 4.78 is 19.6. The largest absolute Gasteiger partial charge is 0.483 e. The van der Waals surface area contributed by atoms with Crippen molar-refractivity contribution in [2.75, 3.05) is 16.8 Å². The predicted octanol–water partition coefficient (Wildman–Crippen LogP) is 4.93. The highest BCUT2D eigenvalue weighted by atomic mass is 79.9. The molecule has 3 aromatic rings. The lowest BCUT2D eigenvalue weighted by molar-refractivity contribution is -0.122. The van der Waals surface area contributed by atoms with Crippen molar-refractivity contribution < 1.29 is 28.3 Å².